The Balaban J connectivity index is 1.25. The Hall–Kier alpha value is -6.44. The Kier molecular flexibility index (Phi) is 6.25. The highest BCUT2D eigenvalue weighted by molar-refractivity contribution is 6.25. The van der Waals surface area contributed by atoms with Crippen molar-refractivity contribution >= 4 is 32.3 Å². The van der Waals surface area contributed by atoms with Crippen molar-refractivity contribution in [1.82, 2.24) is 0 Å². The summed E-state index contributed by atoms with van der Waals surface area (Å²) >= 11 is 0. The molecule has 0 bridgehead atoms. The third-order valence-electron chi connectivity index (χ3n) is 10.1. The number of benzene rings is 9. The SMILES string of the molecule is c1ccc(-c2ccc3c(c2)-c2cccc4c(-c5c6ccccc6c(-c6ccccc6-c6ccccc6)c6ccccc56)ccc(c24)O3)cc1. The van der Waals surface area contributed by atoms with Gasteiger partial charge < -0.3 is 4.74 Å². The van der Waals surface area contributed by atoms with E-state index < -0.39 is 0 Å². The molecule has 9 aromatic rings. The van der Waals surface area contributed by atoms with E-state index in [1.807, 2.05) is 0 Å². The molecule has 0 spiro atoms. The van der Waals surface area contributed by atoms with Crippen LogP contribution in [0, 0.1) is 0 Å². The molecule has 0 fully saturated rings. The number of rotatable bonds is 4. The predicted molar refractivity (Wildman–Crippen MR) is 206 cm³/mol. The van der Waals surface area contributed by atoms with E-state index in [2.05, 4.69) is 182 Å². The molecule has 0 aromatic heterocycles. The van der Waals surface area contributed by atoms with Gasteiger partial charge in [-0.15, -0.1) is 0 Å². The van der Waals surface area contributed by atoms with Crippen molar-refractivity contribution in [2.75, 3.05) is 0 Å². The zero-order valence-electron chi connectivity index (χ0n) is 26.7. The molecule has 0 saturated carbocycles. The van der Waals surface area contributed by atoms with Crippen molar-refractivity contribution in [3.05, 3.63) is 182 Å². The van der Waals surface area contributed by atoms with Crippen LogP contribution in [-0.4, -0.2) is 0 Å². The first-order valence-corrected chi connectivity index (χ1v) is 16.9. The normalized spacial score (nSPS) is 11.8. The smallest absolute Gasteiger partial charge is 0.135 e. The summed E-state index contributed by atoms with van der Waals surface area (Å²) in [5.74, 6) is 1.79. The van der Waals surface area contributed by atoms with Crippen LogP contribution in [0.5, 0.6) is 11.5 Å². The van der Waals surface area contributed by atoms with Gasteiger partial charge in [-0.25, -0.2) is 0 Å². The molecule has 10 rings (SSSR count). The van der Waals surface area contributed by atoms with Crippen LogP contribution < -0.4 is 4.74 Å². The quantitative estimate of drug-likeness (QED) is 0.177. The van der Waals surface area contributed by atoms with Gasteiger partial charge in [0.05, 0.1) is 0 Å². The van der Waals surface area contributed by atoms with Gasteiger partial charge in [-0.2, -0.15) is 0 Å². The van der Waals surface area contributed by atoms with Crippen molar-refractivity contribution in [2.24, 2.45) is 0 Å². The van der Waals surface area contributed by atoms with Crippen LogP contribution >= 0.6 is 0 Å². The minimum atomic E-state index is 0.893. The molecule has 1 heterocycles. The fourth-order valence-electron chi connectivity index (χ4n) is 7.94. The van der Waals surface area contributed by atoms with Crippen molar-refractivity contribution < 1.29 is 4.74 Å². The van der Waals surface area contributed by atoms with Crippen LogP contribution in [0.1, 0.15) is 0 Å². The molecule has 1 aliphatic rings. The first-order chi connectivity index (χ1) is 24.3. The summed E-state index contributed by atoms with van der Waals surface area (Å²) in [6.07, 6.45) is 0. The fraction of sp³-hybridized carbons (Fsp3) is 0. The molecule has 1 aliphatic heterocycles. The number of ether oxygens (including phenoxy) is 1. The standard InChI is InChI=1S/C48H30O/c1-3-14-31(15-4-1)33-26-28-44-43(30-33)41-25-13-24-40-42(27-29-45(49-44)48(40)41)47-38-22-11-9-20-36(38)46(37-21-10-12-23-39(37)47)35-19-8-7-18-34(35)32-16-5-2-6-17-32/h1-30H. The van der Waals surface area contributed by atoms with E-state index in [-0.39, 0.29) is 0 Å². The highest BCUT2D eigenvalue weighted by atomic mass is 16.5. The minimum Gasteiger partial charge on any atom is -0.456 e. The summed E-state index contributed by atoms with van der Waals surface area (Å²) in [7, 11) is 0. The van der Waals surface area contributed by atoms with Gasteiger partial charge in [0.15, 0.2) is 0 Å². The largest absolute Gasteiger partial charge is 0.456 e. The van der Waals surface area contributed by atoms with E-state index in [1.165, 1.54) is 77.0 Å². The lowest BCUT2D eigenvalue weighted by Crippen LogP contribution is -1.99. The topological polar surface area (TPSA) is 9.23 Å². The second-order valence-corrected chi connectivity index (χ2v) is 12.8. The van der Waals surface area contributed by atoms with Gasteiger partial charge in [0.25, 0.3) is 0 Å². The van der Waals surface area contributed by atoms with Gasteiger partial charge in [0.1, 0.15) is 11.5 Å². The molecule has 1 heteroatoms. The minimum absolute atomic E-state index is 0.893. The van der Waals surface area contributed by atoms with Gasteiger partial charge in [0, 0.05) is 10.9 Å². The van der Waals surface area contributed by atoms with Crippen LogP contribution in [0.4, 0.5) is 0 Å². The summed E-state index contributed by atoms with van der Waals surface area (Å²) < 4.78 is 6.64. The maximum Gasteiger partial charge on any atom is 0.135 e. The monoisotopic (exact) mass is 622 g/mol. The third kappa shape index (κ3) is 4.33. The summed E-state index contributed by atoms with van der Waals surface area (Å²) in [5.41, 5.74) is 12.1. The van der Waals surface area contributed by atoms with E-state index in [0.29, 0.717) is 0 Å². The maximum atomic E-state index is 6.64. The van der Waals surface area contributed by atoms with Crippen molar-refractivity contribution in [3.63, 3.8) is 0 Å². The van der Waals surface area contributed by atoms with Crippen LogP contribution in [0.15, 0.2) is 182 Å². The summed E-state index contributed by atoms with van der Waals surface area (Å²) in [6.45, 7) is 0. The van der Waals surface area contributed by atoms with Gasteiger partial charge in [-0.3, -0.25) is 0 Å². The van der Waals surface area contributed by atoms with Gasteiger partial charge >= 0.3 is 0 Å². The predicted octanol–water partition coefficient (Wildman–Crippen LogP) is 13.6. The van der Waals surface area contributed by atoms with Crippen LogP contribution in [-0.2, 0) is 0 Å². The molecule has 0 saturated heterocycles. The first-order valence-electron chi connectivity index (χ1n) is 16.9. The van der Waals surface area contributed by atoms with Gasteiger partial charge in [-0.05, 0) is 101 Å². The lowest BCUT2D eigenvalue weighted by Gasteiger charge is -2.24. The summed E-state index contributed by atoms with van der Waals surface area (Å²) in [6, 6.07) is 65.6. The number of hydrogen-bond donors (Lipinski definition) is 0. The van der Waals surface area contributed by atoms with Crippen LogP contribution in [0.25, 0.3) is 88.0 Å². The molecule has 9 aromatic carbocycles. The molecule has 0 radical (unpaired) electrons. The number of hydrogen-bond acceptors (Lipinski definition) is 1. The van der Waals surface area contributed by atoms with Crippen molar-refractivity contribution in [2.45, 2.75) is 0 Å². The number of fused-ring (bicyclic) bond motifs is 4. The molecule has 0 aliphatic carbocycles. The van der Waals surface area contributed by atoms with E-state index in [9.17, 15) is 0 Å². The zero-order valence-corrected chi connectivity index (χ0v) is 26.7. The van der Waals surface area contributed by atoms with Crippen molar-refractivity contribution in [3.8, 4) is 67.1 Å². The van der Waals surface area contributed by atoms with Crippen molar-refractivity contribution in [1.29, 1.82) is 0 Å². The lowest BCUT2D eigenvalue weighted by atomic mass is 9.82. The molecular formula is C48H30O. The molecule has 0 N–H and O–H groups in total. The molecule has 0 unspecified atom stereocenters. The molecule has 0 atom stereocenters. The average molecular weight is 623 g/mol. The Morgan fingerprint density at radius 3 is 1.45 bits per heavy atom. The van der Waals surface area contributed by atoms with Crippen LogP contribution in [0.3, 0.4) is 0 Å². The second-order valence-electron chi connectivity index (χ2n) is 12.8. The highest BCUT2D eigenvalue weighted by Gasteiger charge is 2.25. The molecule has 228 valence electrons. The maximum absolute atomic E-state index is 6.64. The Bertz CT molecular complexity index is 2670. The van der Waals surface area contributed by atoms with E-state index in [0.717, 1.165) is 22.4 Å². The van der Waals surface area contributed by atoms with E-state index >= 15 is 0 Å². The van der Waals surface area contributed by atoms with Gasteiger partial charge in [0.2, 0.25) is 0 Å². The summed E-state index contributed by atoms with van der Waals surface area (Å²) in [4.78, 5) is 0. The molecule has 1 nitrogen and oxygen atoms in total. The first kappa shape index (κ1) is 27.7. The fourth-order valence-corrected chi connectivity index (χ4v) is 7.94. The highest BCUT2D eigenvalue weighted by Crippen LogP contribution is 2.52. The van der Waals surface area contributed by atoms with E-state index in [1.54, 1.807) is 0 Å². The molecule has 0 amide bonds. The average Bonchev–Trinajstić information content (AvgIpc) is 3.18. The van der Waals surface area contributed by atoms with Gasteiger partial charge in [-0.1, -0.05) is 158 Å². The summed E-state index contributed by atoms with van der Waals surface area (Å²) in [5, 5.41) is 7.32. The van der Waals surface area contributed by atoms with E-state index in [4.69, 9.17) is 4.74 Å². The Morgan fingerprint density at radius 1 is 0.265 bits per heavy atom. The third-order valence-corrected chi connectivity index (χ3v) is 10.1. The molecular weight excluding hydrogens is 593 g/mol. The molecule has 49 heavy (non-hydrogen) atoms. The lowest BCUT2D eigenvalue weighted by molar-refractivity contribution is 0.487. The van der Waals surface area contributed by atoms with Crippen LogP contribution in [0.2, 0.25) is 0 Å². The zero-order chi connectivity index (χ0) is 32.3. The Labute approximate surface area is 285 Å². The Morgan fingerprint density at radius 2 is 0.776 bits per heavy atom. The second kappa shape index (κ2) is 11.1.